The highest BCUT2D eigenvalue weighted by Crippen LogP contribution is 2.31. The van der Waals surface area contributed by atoms with Crippen LogP contribution in [0.25, 0.3) is 0 Å². The molecule has 0 atom stereocenters. The molecular weight excluding hydrogens is 307 g/mol. The Balaban J connectivity index is 2.05. The van der Waals surface area contributed by atoms with Crippen LogP contribution in [0.4, 0.5) is 17.3 Å². The molecular formula is C15H18Cl2N4. The maximum atomic E-state index is 6.15. The van der Waals surface area contributed by atoms with Gasteiger partial charge in [-0.3, -0.25) is 0 Å². The predicted octanol–water partition coefficient (Wildman–Crippen LogP) is 4.99. The van der Waals surface area contributed by atoms with Crippen LogP contribution in [0.1, 0.15) is 20.3 Å². The Kier molecular flexibility index (Phi) is 5.65. The zero-order chi connectivity index (χ0) is 15.2. The molecule has 1 aromatic heterocycles. The molecule has 0 saturated carbocycles. The zero-order valence-corrected chi connectivity index (χ0v) is 13.5. The Morgan fingerprint density at radius 1 is 1.14 bits per heavy atom. The van der Waals surface area contributed by atoms with Gasteiger partial charge in [0.05, 0.1) is 15.7 Å². The average molecular weight is 325 g/mol. The van der Waals surface area contributed by atoms with E-state index in [9.17, 15) is 0 Å². The fourth-order valence-corrected chi connectivity index (χ4v) is 2.10. The van der Waals surface area contributed by atoms with E-state index in [1.54, 1.807) is 6.07 Å². The smallest absolute Gasteiger partial charge is 0.135 e. The van der Waals surface area contributed by atoms with E-state index in [0.29, 0.717) is 21.8 Å². The van der Waals surface area contributed by atoms with Gasteiger partial charge in [-0.1, -0.05) is 43.1 Å². The van der Waals surface area contributed by atoms with Gasteiger partial charge in [0.2, 0.25) is 0 Å². The third-order valence-electron chi connectivity index (χ3n) is 2.91. The van der Waals surface area contributed by atoms with Gasteiger partial charge in [-0.2, -0.15) is 0 Å². The van der Waals surface area contributed by atoms with Crippen LogP contribution in [0.3, 0.4) is 0 Å². The van der Waals surface area contributed by atoms with E-state index in [2.05, 4.69) is 34.4 Å². The topological polar surface area (TPSA) is 49.8 Å². The highest BCUT2D eigenvalue weighted by molar-refractivity contribution is 6.43. The quantitative estimate of drug-likeness (QED) is 0.786. The molecule has 0 spiro atoms. The van der Waals surface area contributed by atoms with E-state index in [1.807, 2.05) is 18.2 Å². The first-order chi connectivity index (χ1) is 10.1. The second-order valence-electron chi connectivity index (χ2n) is 5.12. The van der Waals surface area contributed by atoms with Gasteiger partial charge in [-0.15, -0.1) is 0 Å². The fraction of sp³-hybridized carbons (Fsp3) is 0.333. The Bertz CT molecular complexity index is 602. The molecule has 6 heteroatoms. The van der Waals surface area contributed by atoms with E-state index >= 15 is 0 Å². The molecule has 2 rings (SSSR count). The molecule has 1 heterocycles. The molecule has 112 valence electrons. The Morgan fingerprint density at radius 2 is 1.90 bits per heavy atom. The molecule has 0 aliphatic carbocycles. The number of hydrogen-bond acceptors (Lipinski definition) is 4. The lowest BCUT2D eigenvalue weighted by atomic mass is 10.1. The van der Waals surface area contributed by atoms with Crippen molar-refractivity contribution in [1.82, 2.24) is 9.97 Å². The minimum Gasteiger partial charge on any atom is -0.370 e. The molecule has 0 radical (unpaired) electrons. The second kappa shape index (κ2) is 7.48. The van der Waals surface area contributed by atoms with Gasteiger partial charge in [0.25, 0.3) is 0 Å². The predicted molar refractivity (Wildman–Crippen MR) is 89.7 cm³/mol. The Morgan fingerprint density at radius 3 is 2.67 bits per heavy atom. The van der Waals surface area contributed by atoms with Crippen LogP contribution in [0.2, 0.25) is 10.0 Å². The summed E-state index contributed by atoms with van der Waals surface area (Å²) in [4.78, 5) is 8.38. The number of nitrogens with zero attached hydrogens (tertiary/aromatic N) is 2. The molecule has 21 heavy (non-hydrogen) atoms. The van der Waals surface area contributed by atoms with Crippen LogP contribution in [0.5, 0.6) is 0 Å². The van der Waals surface area contributed by atoms with E-state index in [1.165, 1.54) is 6.33 Å². The first-order valence-electron chi connectivity index (χ1n) is 6.83. The molecule has 2 aromatic rings. The molecule has 0 aliphatic rings. The molecule has 0 saturated heterocycles. The van der Waals surface area contributed by atoms with E-state index in [0.717, 1.165) is 24.5 Å². The standard InChI is InChI=1S/C15H18Cl2N4/c1-10(2)6-7-18-13-8-14(20-9-19-13)21-12-5-3-4-11(16)15(12)17/h3-5,8-10H,6-7H2,1-2H3,(H2,18,19,20,21). The summed E-state index contributed by atoms with van der Waals surface area (Å²) in [5.74, 6) is 2.11. The third-order valence-corrected chi connectivity index (χ3v) is 3.73. The van der Waals surface area contributed by atoms with Crippen molar-refractivity contribution >= 4 is 40.5 Å². The molecule has 0 fully saturated rings. The summed E-state index contributed by atoms with van der Waals surface area (Å²) < 4.78 is 0. The van der Waals surface area contributed by atoms with Crippen molar-refractivity contribution in [2.75, 3.05) is 17.2 Å². The minimum absolute atomic E-state index is 0.479. The van der Waals surface area contributed by atoms with Crippen molar-refractivity contribution in [2.24, 2.45) is 5.92 Å². The highest BCUT2D eigenvalue weighted by atomic mass is 35.5. The fourth-order valence-electron chi connectivity index (χ4n) is 1.75. The normalized spacial score (nSPS) is 10.7. The maximum absolute atomic E-state index is 6.15. The molecule has 0 aliphatic heterocycles. The number of rotatable bonds is 6. The monoisotopic (exact) mass is 324 g/mol. The van der Waals surface area contributed by atoms with Gasteiger partial charge in [0, 0.05) is 12.6 Å². The molecule has 2 N–H and O–H groups in total. The number of benzene rings is 1. The summed E-state index contributed by atoms with van der Waals surface area (Å²) in [5.41, 5.74) is 0.719. The maximum Gasteiger partial charge on any atom is 0.135 e. The van der Waals surface area contributed by atoms with Crippen molar-refractivity contribution in [3.63, 3.8) is 0 Å². The first-order valence-corrected chi connectivity index (χ1v) is 7.59. The third kappa shape index (κ3) is 4.76. The SMILES string of the molecule is CC(C)CCNc1cc(Nc2cccc(Cl)c2Cl)ncn1. The molecule has 0 amide bonds. The van der Waals surface area contributed by atoms with Gasteiger partial charge in [0.1, 0.15) is 18.0 Å². The lowest BCUT2D eigenvalue weighted by molar-refractivity contribution is 0.606. The van der Waals surface area contributed by atoms with Crippen molar-refractivity contribution < 1.29 is 0 Å². The number of halogens is 2. The lowest BCUT2D eigenvalue weighted by Crippen LogP contribution is -2.07. The van der Waals surface area contributed by atoms with Crippen LogP contribution < -0.4 is 10.6 Å². The van der Waals surface area contributed by atoms with Crippen molar-refractivity contribution in [3.05, 3.63) is 40.6 Å². The van der Waals surface area contributed by atoms with Crippen LogP contribution in [-0.4, -0.2) is 16.5 Å². The van der Waals surface area contributed by atoms with Crippen molar-refractivity contribution in [2.45, 2.75) is 20.3 Å². The van der Waals surface area contributed by atoms with Gasteiger partial charge in [0.15, 0.2) is 0 Å². The minimum atomic E-state index is 0.479. The van der Waals surface area contributed by atoms with Gasteiger partial charge < -0.3 is 10.6 Å². The molecule has 0 bridgehead atoms. The number of nitrogens with one attached hydrogen (secondary N) is 2. The molecule has 1 aromatic carbocycles. The van der Waals surface area contributed by atoms with E-state index in [4.69, 9.17) is 23.2 Å². The van der Waals surface area contributed by atoms with Crippen LogP contribution in [0.15, 0.2) is 30.6 Å². The van der Waals surface area contributed by atoms with Crippen LogP contribution in [0, 0.1) is 5.92 Å². The van der Waals surface area contributed by atoms with Crippen LogP contribution >= 0.6 is 23.2 Å². The van der Waals surface area contributed by atoms with Crippen molar-refractivity contribution in [3.8, 4) is 0 Å². The number of anilines is 3. The molecule has 0 unspecified atom stereocenters. The Labute approximate surface area is 134 Å². The van der Waals surface area contributed by atoms with Crippen molar-refractivity contribution in [1.29, 1.82) is 0 Å². The summed E-state index contributed by atoms with van der Waals surface area (Å²) in [6, 6.07) is 7.27. The molecule has 4 nitrogen and oxygen atoms in total. The summed E-state index contributed by atoms with van der Waals surface area (Å²) in [5, 5.41) is 7.41. The van der Waals surface area contributed by atoms with Gasteiger partial charge in [-0.25, -0.2) is 9.97 Å². The van der Waals surface area contributed by atoms with E-state index in [-0.39, 0.29) is 0 Å². The van der Waals surface area contributed by atoms with Gasteiger partial charge >= 0.3 is 0 Å². The summed E-state index contributed by atoms with van der Waals surface area (Å²) in [6.45, 7) is 5.26. The summed E-state index contributed by atoms with van der Waals surface area (Å²) >= 11 is 12.1. The Hall–Kier alpha value is -1.52. The zero-order valence-electron chi connectivity index (χ0n) is 12.0. The van der Waals surface area contributed by atoms with Crippen LogP contribution in [-0.2, 0) is 0 Å². The lowest BCUT2D eigenvalue weighted by Gasteiger charge is -2.11. The number of hydrogen-bond donors (Lipinski definition) is 2. The van der Waals surface area contributed by atoms with E-state index < -0.39 is 0 Å². The summed E-state index contributed by atoms with van der Waals surface area (Å²) in [7, 11) is 0. The number of aromatic nitrogens is 2. The largest absolute Gasteiger partial charge is 0.370 e. The highest BCUT2D eigenvalue weighted by Gasteiger charge is 2.06. The van der Waals surface area contributed by atoms with Gasteiger partial charge in [-0.05, 0) is 24.5 Å². The first kappa shape index (κ1) is 15.9. The average Bonchev–Trinajstić information content (AvgIpc) is 2.44. The summed E-state index contributed by atoms with van der Waals surface area (Å²) in [6.07, 6.45) is 2.60. The second-order valence-corrected chi connectivity index (χ2v) is 5.91.